The van der Waals surface area contributed by atoms with E-state index in [9.17, 15) is 14.6 Å². The van der Waals surface area contributed by atoms with Gasteiger partial charge in [0.05, 0.1) is 30.8 Å². The lowest BCUT2D eigenvalue weighted by Crippen LogP contribution is -2.26. The van der Waals surface area contributed by atoms with Gasteiger partial charge in [-0.1, -0.05) is 6.58 Å². The van der Waals surface area contributed by atoms with Crippen molar-refractivity contribution >= 4 is 11.2 Å². The number of aryl methyl sites for hydroxylation is 1. The maximum Gasteiger partial charge on any atom is 0.164 e. The first-order chi connectivity index (χ1) is 9.56. The molecule has 0 aromatic carbocycles. The van der Waals surface area contributed by atoms with Crippen LogP contribution in [0, 0.1) is 12.8 Å². The molecule has 4 atom stereocenters. The summed E-state index contributed by atoms with van der Waals surface area (Å²) in [5.41, 5.74) is 2.24. The summed E-state index contributed by atoms with van der Waals surface area (Å²) in [6, 6.07) is -0.776. The molecule has 1 aliphatic rings. The molecule has 1 aliphatic carbocycles. The van der Waals surface area contributed by atoms with Crippen LogP contribution in [0.1, 0.15) is 11.7 Å². The van der Waals surface area contributed by atoms with Crippen LogP contribution >= 0.6 is 0 Å². The smallest absolute Gasteiger partial charge is 0.164 e. The van der Waals surface area contributed by atoms with Crippen molar-refractivity contribution in [3.63, 3.8) is 0 Å². The predicted octanol–water partition coefficient (Wildman–Crippen LogP) is 0.553. The fraction of sp³-hybridized carbons (Fsp3) is 0.462. The lowest BCUT2D eigenvalue weighted by atomic mass is 10.0. The maximum absolute atomic E-state index is 14.3. The lowest BCUT2D eigenvalue weighted by Gasteiger charge is -2.17. The third-order valence-corrected chi connectivity index (χ3v) is 3.93. The topological polar surface area (TPSA) is 84.1 Å². The fourth-order valence-corrected chi connectivity index (χ4v) is 2.78. The van der Waals surface area contributed by atoms with Crippen LogP contribution in [0.25, 0.3) is 11.2 Å². The van der Waals surface area contributed by atoms with Crippen molar-refractivity contribution in [3.8, 4) is 0 Å². The van der Waals surface area contributed by atoms with Crippen molar-refractivity contribution in [2.24, 2.45) is 5.92 Å². The Morgan fingerprint density at radius 1 is 1.40 bits per heavy atom. The molecule has 20 heavy (non-hydrogen) atoms. The Labute approximate surface area is 114 Å². The SMILES string of the molecule is C=C1C(CO)C(O)C(F)C1n1cnc2c(C)ncnc21. The Morgan fingerprint density at radius 2 is 2.15 bits per heavy atom. The minimum atomic E-state index is -1.55. The second-order valence-electron chi connectivity index (χ2n) is 5.03. The molecule has 2 N–H and O–H groups in total. The largest absolute Gasteiger partial charge is 0.396 e. The molecule has 0 amide bonds. The highest BCUT2D eigenvalue weighted by Crippen LogP contribution is 2.42. The average molecular weight is 278 g/mol. The van der Waals surface area contributed by atoms with E-state index in [-0.39, 0.29) is 6.61 Å². The van der Waals surface area contributed by atoms with Gasteiger partial charge in [-0.3, -0.25) is 0 Å². The van der Waals surface area contributed by atoms with Gasteiger partial charge in [-0.2, -0.15) is 0 Å². The molecular weight excluding hydrogens is 263 g/mol. The van der Waals surface area contributed by atoms with E-state index in [4.69, 9.17) is 0 Å². The number of halogens is 1. The Hall–Kier alpha value is -1.86. The molecule has 0 spiro atoms. The molecule has 0 radical (unpaired) electrons. The third-order valence-electron chi connectivity index (χ3n) is 3.93. The van der Waals surface area contributed by atoms with E-state index in [0.717, 1.165) is 0 Å². The molecule has 2 aromatic heterocycles. The highest BCUT2D eigenvalue weighted by molar-refractivity contribution is 5.73. The van der Waals surface area contributed by atoms with Gasteiger partial charge in [0.15, 0.2) is 11.8 Å². The fourth-order valence-electron chi connectivity index (χ4n) is 2.78. The molecular formula is C13H15FN4O2. The number of nitrogens with zero attached hydrogens (tertiary/aromatic N) is 4. The van der Waals surface area contributed by atoms with Gasteiger partial charge in [-0.15, -0.1) is 0 Å². The van der Waals surface area contributed by atoms with Gasteiger partial charge in [-0.05, 0) is 12.5 Å². The van der Waals surface area contributed by atoms with Crippen LogP contribution in [-0.4, -0.2) is 48.6 Å². The first kappa shape index (κ1) is 13.1. The van der Waals surface area contributed by atoms with Crippen LogP contribution in [0.3, 0.4) is 0 Å². The average Bonchev–Trinajstić information content (AvgIpc) is 2.92. The number of aliphatic hydroxyl groups is 2. The van der Waals surface area contributed by atoms with Gasteiger partial charge in [-0.25, -0.2) is 19.3 Å². The van der Waals surface area contributed by atoms with Gasteiger partial charge >= 0.3 is 0 Å². The van der Waals surface area contributed by atoms with E-state index < -0.39 is 24.2 Å². The zero-order valence-electron chi connectivity index (χ0n) is 10.9. The van der Waals surface area contributed by atoms with Gasteiger partial charge < -0.3 is 14.8 Å². The van der Waals surface area contributed by atoms with E-state index in [2.05, 4.69) is 21.5 Å². The molecule has 6 nitrogen and oxygen atoms in total. The van der Waals surface area contributed by atoms with Gasteiger partial charge in [0, 0.05) is 5.92 Å². The monoisotopic (exact) mass is 278 g/mol. The van der Waals surface area contributed by atoms with E-state index >= 15 is 0 Å². The number of fused-ring (bicyclic) bond motifs is 1. The summed E-state index contributed by atoms with van der Waals surface area (Å²) in [5, 5.41) is 19.1. The molecule has 4 unspecified atom stereocenters. The van der Waals surface area contributed by atoms with E-state index in [1.54, 1.807) is 11.5 Å². The molecule has 0 saturated heterocycles. The highest BCUT2D eigenvalue weighted by Gasteiger charge is 2.47. The summed E-state index contributed by atoms with van der Waals surface area (Å²) >= 11 is 0. The molecule has 2 heterocycles. The van der Waals surface area contributed by atoms with Gasteiger partial charge in [0.2, 0.25) is 0 Å². The molecule has 7 heteroatoms. The second kappa shape index (κ2) is 4.60. The maximum atomic E-state index is 14.3. The third kappa shape index (κ3) is 1.66. The highest BCUT2D eigenvalue weighted by atomic mass is 19.1. The second-order valence-corrected chi connectivity index (χ2v) is 5.03. The van der Waals surface area contributed by atoms with Crippen molar-refractivity contribution in [2.75, 3.05) is 6.61 Å². The summed E-state index contributed by atoms with van der Waals surface area (Å²) < 4.78 is 15.9. The quantitative estimate of drug-likeness (QED) is 0.784. The molecule has 2 aromatic rings. The summed E-state index contributed by atoms with van der Waals surface area (Å²) in [7, 11) is 0. The number of hydrogen-bond donors (Lipinski definition) is 2. The van der Waals surface area contributed by atoms with E-state index in [1.165, 1.54) is 12.7 Å². The van der Waals surface area contributed by atoms with Crippen LogP contribution < -0.4 is 0 Å². The van der Waals surface area contributed by atoms with E-state index in [1.807, 2.05) is 0 Å². The molecule has 1 saturated carbocycles. The van der Waals surface area contributed by atoms with Crippen molar-refractivity contribution in [3.05, 3.63) is 30.5 Å². The number of hydrogen-bond acceptors (Lipinski definition) is 5. The standard InChI is InChI=1S/C13H15FN4O2/c1-6-8(3-19)12(20)9(14)11(6)18-5-17-10-7(2)15-4-16-13(10)18/h4-5,8-9,11-12,19-20H,1,3H2,2H3. The molecule has 1 fully saturated rings. The van der Waals surface area contributed by atoms with Crippen LogP contribution in [-0.2, 0) is 0 Å². The Balaban J connectivity index is 2.12. The minimum absolute atomic E-state index is 0.336. The predicted molar refractivity (Wildman–Crippen MR) is 69.7 cm³/mol. The summed E-state index contributed by atoms with van der Waals surface area (Å²) in [6.45, 7) is 5.28. The molecule has 106 valence electrons. The van der Waals surface area contributed by atoms with Gasteiger partial charge in [0.25, 0.3) is 0 Å². The number of rotatable bonds is 2. The zero-order chi connectivity index (χ0) is 14.4. The summed E-state index contributed by atoms with van der Waals surface area (Å²) in [5.74, 6) is -0.671. The number of alkyl halides is 1. The summed E-state index contributed by atoms with van der Waals surface area (Å²) in [4.78, 5) is 12.4. The van der Waals surface area contributed by atoms with Crippen LogP contribution in [0.5, 0.6) is 0 Å². The van der Waals surface area contributed by atoms with Crippen LogP contribution in [0.2, 0.25) is 0 Å². The summed E-state index contributed by atoms with van der Waals surface area (Å²) in [6.07, 6.45) is 0.0485. The van der Waals surface area contributed by atoms with E-state index in [0.29, 0.717) is 22.4 Å². The van der Waals surface area contributed by atoms with Crippen molar-refractivity contribution in [2.45, 2.75) is 25.2 Å². The number of aliphatic hydroxyl groups excluding tert-OH is 2. The van der Waals surface area contributed by atoms with Crippen molar-refractivity contribution in [1.82, 2.24) is 19.5 Å². The Bertz CT molecular complexity index is 671. The van der Waals surface area contributed by atoms with Crippen LogP contribution in [0.4, 0.5) is 4.39 Å². The normalized spacial score (nSPS) is 30.3. The van der Waals surface area contributed by atoms with Crippen LogP contribution in [0.15, 0.2) is 24.8 Å². The molecule has 0 aliphatic heterocycles. The Morgan fingerprint density at radius 3 is 2.80 bits per heavy atom. The zero-order valence-corrected chi connectivity index (χ0v) is 10.9. The van der Waals surface area contributed by atoms with Crippen molar-refractivity contribution < 1.29 is 14.6 Å². The molecule has 0 bridgehead atoms. The van der Waals surface area contributed by atoms with Crippen molar-refractivity contribution in [1.29, 1.82) is 0 Å². The first-order valence-electron chi connectivity index (χ1n) is 6.32. The minimum Gasteiger partial charge on any atom is -0.396 e. The molecule has 3 rings (SSSR count). The lowest BCUT2D eigenvalue weighted by molar-refractivity contribution is 0.0426. The Kier molecular flexibility index (Phi) is 3.02. The number of aromatic nitrogens is 4. The van der Waals surface area contributed by atoms with Gasteiger partial charge in [0.1, 0.15) is 11.8 Å². The first-order valence-corrected chi connectivity index (χ1v) is 6.32. The number of imidazole rings is 1.